The molecule has 2 heterocycles. The van der Waals surface area contributed by atoms with Gasteiger partial charge in [0.25, 0.3) is 5.92 Å². The minimum absolute atomic E-state index is 0.100. The fourth-order valence-electron chi connectivity index (χ4n) is 3.48. The Morgan fingerprint density at radius 1 is 0.933 bits per heavy atom. The van der Waals surface area contributed by atoms with Crippen molar-refractivity contribution in [3.8, 4) is 11.1 Å². The lowest BCUT2D eigenvalue weighted by molar-refractivity contribution is -0.136. The molecular weight excluding hydrogens is 429 g/mol. The van der Waals surface area contributed by atoms with E-state index < -0.39 is 40.5 Å². The van der Waals surface area contributed by atoms with Crippen LogP contribution in [0.25, 0.3) is 22.1 Å². The number of alkyl halides is 5. The van der Waals surface area contributed by atoms with Crippen LogP contribution in [0.3, 0.4) is 0 Å². The summed E-state index contributed by atoms with van der Waals surface area (Å²) in [7, 11) is -3.96. The van der Waals surface area contributed by atoms with Gasteiger partial charge < -0.3 is 4.42 Å². The van der Waals surface area contributed by atoms with Crippen molar-refractivity contribution >= 4 is 21.0 Å². The molecule has 3 aromatic rings. The first-order chi connectivity index (χ1) is 14.0. The molecule has 30 heavy (non-hydrogen) atoms. The lowest BCUT2D eigenvalue weighted by atomic mass is 10.0. The number of hydrogen-bond acceptors (Lipinski definition) is 3. The molecule has 0 atom stereocenters. The number of hydrogen-bond donors (Lipinski definition) is 0. The van der Waals surface area contributed by atoms with Crippen LogP contribution in [0, 0.1) is 0 Å². The smallest absolute Gasteiger partial charge is 0.420 e. The van der Waals surface area contributed by atoms with E-state index in [4.69, 9.17) is 4.42 Å². The highest BCUT2D eigenvalue weighted by Gasteiger charge is 2.38. The fraction of sp³-hybridized carbons (Fsp3) is 0.300. The number of halogens is 5. The third kappa shape index (κ3) is 3.81. The summed E-state index contributed by atoms with van der Waals surface area (Å²) in [5.74, 6) is -2.88. The second-order valence-electron chi connectivity index (χ2n) is 7.14. The molecule has 1 aromatic heterocycles. The van der Waals surface area contributed by atoms with Gasteiger partial charge in [0.05, 0.1) is 16.7 Å². The topological polar surface area (TPSA) is 50.5 Å². The van der Waals surface area contributed by atoms with Crippen LogP contribution in [0.1, 0.15) is 18.4 Å². The monoisotopic (exact) mass is 445 g/mol. The van der Waals surface area contributed by atoms with Crippen LogP contribution in [0.2, 0.25) is 0 Å². The van der Waals surface area contributed by atoms with Gasteiger partial charge in [0.1, 0.15) is 5.58 Å². The lowest BCUT2D eigenvalue weighted by Gasteiger charge is -2.30. The fourth-order valence-corrected chi connectivity index (χ4v) is 4.92. The summed E-state index contributed by atoms with van der Waals surface area (Å²) in [5, 5.41) is 0.269. The third-order valence-electron chi connectivity index (χ3n) is 5.14. The highest BCUT2D eigenvalue weighted by atomic mass is 32.2. The molecule has 4 rings (SSSR count). The Bertz CT molecular complexity index is 1170. The Kier molecular flexibility index (Phi) is 4.89. The molecule has 0 N–H and O–H groups in total. The van der Waals surface area contributed by atoms with Gasteiger partial charge in [-0.2, -0.15) is 17.5 Å². The van der Waals surface area contributed by atoms with Crippen LogP contribution in [0.5, 0.6) is 0 Å². The van der Waals surface area contributed by atoms with Crippen molar-refractivity contribution in [1.29, 1.82) is 0 Å². The molecule has 2 aromatic carbocycles. The van der Waals surface area contributed by atoms with Gasteiger partial charge in [0.2, 0.25) is 10.0 Å². The summed E-state index contributed by atoms with van der Waals surface area (Å²) in [6.07, 6.45) is -4.54. The van der Waals surface area contributed by atoms with Gasteiger partial charge in [-0.3, -0.25) is 0 Å². The van der Waals surface area contributed by atoms with Crippen LogP contribution in [-0.2, 0) is 16.2 Å². The first-order valence-corrected chi connectivity index (χ1v) is 10.5. The Hall–Kier alpha value is -2.46. The van der Waals surface area contributed by atoms with Gasteiger partial charge >= 0.3 is 6.18 Å². The van der Waals surface area contributed by atoms with Crippen LogP contribution in [0.15, 0.2) is 58.0 Å². The Morgan fingerprint density at radius 2 is 1.57 bits per heavy atom. The molecule has 0 aliphatic carbocycles. The molecule has 4 nitrogen and oxygen atoms in total. The number of rotatable bonds is 3. The van der Waals surface area contributed by atoms with E-state index in [1.54, 1.807) is 0 Å². The van der Waals surface area contributed by atoms with E-state index in [1.807, 2.05) is 0 Å². The molecular formula is C20H16F5NO3S. The molecule has 1 aliphatic heterocycles. The molecule has 1 saturated heterocycles. The molecule has 0 unspecified atom stereocenters. The summed E-state index contributed by atoms with van der Waals surface area (Å²) in [6, 6.07) is 9.21. The predicted molar refractivity (Wildman–Crippen MR) is 99.6 cm³/mol. The second-order valence-corrected chi connectivity index (χ2v) is 9.08. The largest absolute Gasteiger partial charge is 0.464 e. The molecule has 0 amide bonds. The van der Waals surface area contributed by atoms with E-state index in [0.717, 1.165) is 10.4 Å². The molecule has 1 fully saturated rings. The van der Waals surface area contributed by atoms with Gasteiger partial charge in [0.15, 0.2) is 0 Å². The van der Waals surface area contributed by atoms with Gasteiger partial charge in [0, 0.05) is 31.3 Å². The van der Waals surface area contributed by atoms with Crippen LogP contribution >= 0.6 is 0 Å². The van der Waals surface area contributed by atoms with Crippen LogP contribution in [0.4, 0.5) is 22.0 Å². The third-order valence-corrected chi connectivity index (χ3v) is 7.05. The summed E-state index contributed by atoms with van der Waals surface area (Å²) >= 11 is 0. The summed E-state index contributed by atoms with van der Waals surface area (Å²) in [4.78, 5) is -0.100. The molecule has 160 valence electrons. The molecule has 0 bridgehead atoms. The summed E-state index contributed by atoms with van der Waals surface area (Å²) in [5.41, 5.74) is -0.566. The minimum atomic E-state index is -4.62. The number of nitrogens with zero attached hydrogens (tertiary/aromatic N) is 1. The SMILES string of the molecule is O=S(=O)(c1ccc(-c2cc(C(F)(F)F)c3occc3c2)cc1)N1CCC(F)(F)CC1. The van der Waals surface area contributed by atoms with E-state index in [2.05, 4.69) is 0 Å². The van der Waals surface area contributed by atoms with Crippen molar-refractivity contribution < 1.29 is 34.8 Å². The molecule has 1 aliphatic rings. The minimum Gasteiger partial charge on any atom is -0.464 e. The zero-order chi connectivity index (χ0) is 21.7. The van der Waals surface area contributed by atoms with Crippen molar-refractivity contribution in [2.45, 2.75) is 29.8 Å². The molecule has 10 heteroatoms. The number of benzene rings is 2. The molecule has 0 radical (unpaired) electrons. The number of sulfonamides is 1. The van der Waals surface area contributed by atoms with E-state index in [-0.39, 0.29) is 34.5 Å². The van der Waals surface area contributed by atoms with E-state index in [9.17, 15) is 30.4 Å². The van der Waals surface area contributed by atoms with E-state index in [1.165, 1.54) is 42.7 Å². The highest BCUT2D eigenvalue weighted by molar-refractivity contribution is 7.89. The number of piperidine rings is 1. The Labute approximate surface area is 168 Å². The normalized spacial score (nSPS) is 18.0. The highest BCUT2D eigenvalue weighted by Crippen LogP contribution is 2.39. The maximum Gasteiger partial charge on any atom is 0.420 e. The van der Waals surface area contributed by atoms with E-state index in [0.29, 0.717) is 5.56 Å². The maximum absolute atomic E-state index is 13.4. The Morgan fingerprint density at radius 3 is 2.17 bits per heavy atom. The average molecular weight is 445 g/mol. The molecule has 0 saturated carbocycles. The van der Waals surface area contributed by atoms with Gasteiger partial charge in [-0.25, -0.2) is 17.2 Å². The maximum atomic E-state index is 13.4. The zero-order valence-electron chi connectivity index (χ0n) is 15.4. The lowest BCUT2D eigenvalue weighted by Crippen LogP contribution is -2.42. The van der Waals surface area contributed by atoms with Crippen molar-refractivity contribution in [3.63, 3.8) is 0 Å². The van der Waals surface area contributed by atoms with Crippen LogP contribution < -0.4 is 0 Å². The quantitative estimate of drug-likeness (QED) is 0.498. The van der Waals surface area contributed by atoms with Gasteiger partial charge in [-0.1, -0.05) is 12.1 Å². The first kappa shape index (κ1) is 20.8. The van der Waals surface area contributed by atoms with Crippen molar-refractivity contribution in [3.05, 3.63) is 54.3 Å². The van der Waals surface area contributed by atoms with Crippen molar-refractivity contribution in [2.75, 3.05) is 13.1 Å². The van der Waals surface area contributed by atoms with Gasteiger partial charge in [-0.15, -0.1) is 0 Å². The number of furan rings is 1. The Balaban J connectivity index is 1.66. The van der Waals surface area contributed by atoms with Crippen LogP contribution in [-0.4, -0.2) is 31.7 Å². The average Bonchev–Trinajstić information content (AvgIpc) is 3.14. The predicted octanol–water partition coefficient (Wildman–Crippen LogP) is 5.54. The van der Waals surface area contributed by atoms with E-state index >= 15 is 0 Å². The van der Waals surface area contributed by atoms with Crippen molar-refractivity contribution in [1.82, 2.24) is 4.31 Å². The number of fused-ring (bicyclic) bond motifs is 1. The standard InChI is InChI=1S/C20H16F5NO3S/c21-19(22)6-8-26(9-7-19)30(27,28)16-3-1-13(2-4-16)15-11-14-5-10-29-18(14)17(12-15)20(23,24)25/h1-5,10-12H,6-9H2. The summed E-state index contributed by atoms with van der Waals surface area (Å²) in [6.45, 7) is -0.577. The van der Waals surface area contributed by atoms with Gasteiger partial charge in [-0.05, 0) is 41.5 Å². The van der Waals surface area contributed by atoms with Crippen molar-refractivity contribution in [2.24, 2.45) is 0 Å². The molecule has 0 spiro atoms. The summed E-state index contributed by atoms with van der Waals surface area (Å²) < 4.78 is 98.1. The zero-order valence-corrected chi connectivity index (χ0v) is 16.2. The second kappa shape index (κ2) is 7.05. The first-order valence-electron chi connectivity index (χ1n) is 9.04.